The van der Waals surface area contributed by atoms with E-state index in [9.17, 15) is 5.26 Å². The lowest BCUT2D eigenvalue weighted by molar-refractivity contribution is 0.0296. The topological polar surface area (TPSA) is 39.5 Å². The Morgan fingerprint density at radius 3 is 2.86 bits per heavy atom. The molecule has 0 aromatic heterocycles. The SMILES string of the molecule is N#Cc1cc(Cl)ccc1N1CCCC(CN2CCOCC2)C1. The van der Waals surface area contributed by atoms with Gasteiger partial charge in [0, 0.05) is 37.7 Å². The average Bonchev–Trinajstić information content (AvgIpc) is 2.56. The minimum Gasteiger partial charge on any atom is -0.379 e. The standard InChI is InChI=1S/C17H22ClN3O/c18-16-3-4-17(15(10-16)11-19)21-5-1-2-14(13-21)12-20-6-8-22-9-7-20/h3-4,10,14H,1-2,5-9,12-13H2. The monoisotopic (exact) mass is 319 g/mol. The van der Waals surface area contributed by atoms with Gasteiger partial charge in [0.15, 0.2) is 0 Å². The number of hydrogen-bond acceptors (Lipinski definition) is 4. The van der Waals surface area contributed by atoms with Crippen molar-refractivity contribution >= 4 is 17.3 Å². The number of morpholine rings is 1. The van der Waals surface area contributed by atoms with E-state index < -0.39 is 0 Å². The van der Waals surface area contributed by atoms with Crippen LogP contribution in [-0.2, 0) is 4.74 Å². The summed E-state index contributed by atoms with van der Waals surface area (Å²) in [6.07, 6.45) is 2.45. The van der Waals surface area contributed by atoms with Crippen LogP contribution in [0.25, 0.3) is 0 Å². The molecule has 1 aromatic rings. The van der Waals surface area contributed by atoms with Gasteiger partial charge in [-0.05, 0) is 37.0 Å². The summed E-state index contributed by atoms with van der Waals surface area (Å²) in [7, 11) is 0. The highest BCUT2D eigenvalue weighted by Gasteiger charge is 2.24. The van der Waals surface area contributed by atoms with Crippen molar-refractivity contribution in [2.75, 3.05) is 50.8 Å². The molecule has 0 radical (unpaired) electrons. The van der Waals surface area contributed by atoms with Crippen LogP contribution in [0.1, 0.15) is 18.4 Å². The summed E-state index contributed by atoms with van der Waals surface area (Å²) < 4.78 is 5.42. The summed E-state index contributed by atoms with van der Waals surface area (Å²) in [4.78, 5) is 4.86. The van der Waals surface area contributed by atoms with E-state index in [4.69, 9.17) is 16.3 Å². The van der Waals surface area contributed by atoms with Gasteiger partial charge < -0.3 is 9.64 Å². The third-order valence-corrected chi connectivity index (χ3v) is 4.79. The van der Waals surface area contributed by atoms with E-state index in [1.165, 1.54) is 12.8 Å². The van der Waals surface area contributed by atoms with Gasteiger partial charge in [-0.15, -0.1) is 0 Å². The van der Waals surface area contributed by atoms with E-state index in [1.54, 1.807) is 6.07 Å². The molecule has 1 unspecified atom stereocenters. The van der Waals surface area contributed by atoms with Crippen molar-refractivity contribution in [3.8, 4) is 6.07 Å². The van der Waals surface area contributed by atoms with Crippen molar-refractivity contribution in [3.63, 3.8) is 0 Å². The summed E-state index contributed by atoms with van der Waals surface area (Å²) in [5.74, 6) is 0.661. The van der Waals surface area contributed by atoms with Gasteiger partial charge in [-0.3, -0.25) is 4.90 Å². The van der Waals surface area contributed by atoms with Gasteiger partial charge in [0.1, 0.15) is 6.07 Å². The molecule has 4 nitrogen and oxygen atoms in total. The maximum atomic E-state index is 9.34. The number of piperidine rings is 1. The first-order valence-electron chi connectivity index (χ1n) is 8.01. The first-order valence-corrected chi connectivity index (χ1v) is 8.39. The zero-order valence-corrected chi connectivity index (χ0v) is 13.6. The molecule has 0 spiro atoms. The molecule has 0 aliphatic carbocycles. The van der Waals surface area contributed by atoms with E-state index in [2.05, 4.69) is 15.9 Å². The molecule has 118 valence electrons. The van der Waals surface area contributed by atoms with Crippen molar-refractivity contribution in [2.45, 2.75) is 12.8 Å². The van der Waals surface area contributed by atoms with Crippen molar-refractivity contribution < 1.29 is 4.74 Å². The molecule has 2 saturated heterocycles. The lowest BCUT2D eigenvalue weighted by Gasteiger charge is -2.38. The lowest BCUT2D eigenvalue weighted by Crippen LogP contribution is -2.44. The van der Waals surface area contributed by atoms with E-state index in [1.807, 2.05) is 12.1 Å². The highest BCUT2D eigenvalue weighted by Crippen LogP contribution is 2.28. The Kier molecular flexibility index (Phi) is 5.20. The summed E-state index contributed by atoms with van der Waals surface area (Å²) in [6.45, 7) is 6.97. The van der Waals surface area contributed by atoms with Gasteiger partial charge >= 0.3 is 0 Å². The molecule has 1 aromatic carbocycles. The summed E-state index contributed by atoms with van der Waals surface area (Å²) in [5, 5.41) is 9.97. The fourth-order valence-corrected chi connectivity index (χ4v) is 3.63. The second-order valence-electron chi connectivity index (χ2n) is 6.14. The molecule has 2 aliphatic heterocycles. The van der Waals surface area contributed by atoms with Crippen molar-refractivity contribution in [1.29, 1.82) is 5.26 Å². The molecule has 0 saturated carbocycles. The Hall–Kier alpha value is -1.28. The second kappa shape index (κ2) is 7.32. The number of hydrogen-bond donors (Lipinski definition) is 0. The first kappa shape index (κ1) is 15.6. The molecule has 1 atom stereocenters. The van der Waals surface area contributed by atoms with Gasteiger partial charge in [-0.2, -0.15) is 5.26 Å². The maximum absolute atomic E-state index is 9.34. The van der Waals surface area contributed by atoms with Crippen LogP contribution in [0.5, 0.6) is 0 Å². The number of halogens is 1. The predicted molar refractivity (Wildman–Crippen MR) is 88.4 cm³/mol. The lowest BCUT2D eigenvalue weighted by atomic mass is 9.96. The zero-order chi connectivity index (χ0) is 15.4. The minimum absolute atomic E-state index is 0.627. The van der Waals surface area contributed by atoms with Gasteiger partial charge in [0.05, 0.1) is 24.5 Å². The molecular formula is C17H22ClN3O. The van der Waals surface area contributed by atoms with Gasteiger partial charge in [0.2, 0.25) is 0 Å². The quantitative estimate of drug-likeness (QED) is 0.859. The van der Waals surface area contributed by atoms with Crippen LogP contribution in [0.15, 0.2) is 18.2 Å². The second-order valence-corrected chi connectivity index (χ2v) is 6.58. The Bertz CT molecular complexity index is 551. The van der Waals surface area contributed by atoms with Crippen LogP contribution in [-0.4, -0.2) is 50.8 Å². The normalized spacial score (nSPS) is 23.3. The number of rotatable bonds is 3. The fraction of sp³-hybridized carbons (Fsp3) is 0.588. The third-order valence-electron chi connectivity index (χ3n) is 4.56. The zero-order valence-electron chi connectivity index (χ0n) is 12.8. The van der Waals surface area contributed by atoms with Gasteiger partial charge in [0.25, 0.3) is 0 Å². The summed E-state index contributed by atoms with van der Waals surface area (Å²) in [5.41, 5.74) is 1.71. The number of nitriles is 1. The van der Waals surface area contributed by atoms with Crippen molar-refractivity contribution in [1.82, 2.24) is 4.90 Å². The number of benzene rings is 1. The van der Waals surface area contributed by atoms with Crippen molar-refractivity contribution in [2.24, 2.45) is 5.92 Å². The fourth-order valence-electron chi connectivity index (χ4n) is 3.46. The maximum Gasteiger partial charge on any atom is 0.101 e. The van der Waals surface area contributed by atoms with E-state index in [-0.39, 0.29) is 0 Å². The number of anilines is 1. The Morgan fingerprint density at radius 1 is 1.27 bits per heavy atom. The molecule has 2 heterocycles. The number of nitrogens with zero attached hydrogens (tertiary/aromatic N) is 3. The minimum atomic E-state index is 0.627. The van der Waals surface area contributed by atoms with Gasteiger partial charge in [-0.1, -0.05) is 11.6 Å². The molecular weight excluding hydrogens is 298 g/mol. The Balaban J connectivity index is 1.66. The summed E-state index contributed by atoms with van der Waals surface area (Å²) >= 11 is 6.00. The van der Waals surface area contributed by atoms with Gasteiger partial charge in [-0.25, -0.2) is 0 Å². The third kappa shape index (κ3) is 3.73. The van der Waals surface area contributed by atoms with Crippen LogP contribution in [0.4, 0.5) is 5.69 Å². The molecule has 2 aliphatic rings. The van der Waals surface area contributed by atoms with Crippen LogP contribution < -0.4 is 4.90 Å². The van der Waals surface area contributed by atoms with E-state index in [0.29, 0.717) is 16.5 Å². The summed E-state index contributed by atoms with van der Waals surface area (Å²) in [6, 6.07) is 7.91. The molecule has 5 heteroatoms. The predicted octanol–water partition coefficient (Wildman–Crippen LogP) is 2.76. The largest absolute Gasteiger partial charge is 0.379 e. The Morgan fingerprint density at radius 2 is 2.09 bits per heavy atom. The van der Waals surface area contributed by atoms with E-state index in [0.717, 1.165) is 51.6 Å². The van der Waals surface area contributed by atoms with Crippen molar-refractivity contribution in [3.05, 3.63) is 28.8 Å². The average molecular weight is 320 g/mol. The molecule has 3 rings (SSSR count). The molecule has 0 bridgehead atoms. The van der Waals surface area contributed by atoms with Crippen LogP contribution >= 0.6 is 11.6 Å². The van der Waals surface area contributed by atoms with Crippen LogP contribution in [0, 0.1) is 17.2 Å². The highest BCUT2D eigenvalue weighted by atomic mass is 35.5. The van der Waals surface area contributed by atoms with Crippen LogP contribution in [0.3, 0.4) is 0 Å². The van der Waals surface area contributed by atoms with Crippen LogP contribution in [0.2, 0.25) is 5.02 Å². The molecule has 0 amide bonds. The number of ether oxygens (including phenoxy) is 1. The molecule has 22 heavy (non-hydrogen) atoms. The van der Waals surface area contributed by atoms with E-state index >= 15 is 0 Å². The highest BCUT2D eigenvalue weighted by molar-refractivity contribution is 6.30. The first-order chi connectivity index (χ1) is 10.8. The Labute approximate surface area is 137 Å². The molecule has 0 N–H and O–H groups in total. The smallest absolute Gasteiger partial charge is 0.101 e. The molecule has 2 fully saturated rings.